The summed E-state index contributed by atoms with van der Waals surface area (Å²) in [4.78, 5) is 4.64. The van der Waals surface area contributed by atoms with Crippen molar-refractivity contribution in [1.29, 1.82) is 0 Å². The Morgan fingerprint density at radius 3 is 2.52 bits per heavy atom. The summed E-state index contributed by atoms with van der Waals surface area (Å²) in [6.45, 7) is 4.45. The van der Waals surface area contributed by atoms with Crippen LogP contribution in [-0.4, -0.2) is 42.4 Å². The van der Waals surface area contributed by atoms with Crippen LogP contribution in [0.3, 0.4) is 0 Å². The van der Waals surface area contributed by atoms with Gasteiger partial charge in [0, 0.05) is 32.7 Å². The summed E-state index contributed by atoms with van der Waals surface area (Å²) < 4.78 is 13.0. The second kappa shape index (κ2) is 9.12. The Kier molecular flexibility index (Phi) is 6.60. The third-order valence-electron chi connectivity index (χ3n) is 4.39. The Labute approximate surface area is 168 Å². The first kappa shape index (κ1) is 19.5. The molecular formula is C19H21ClFN5S. The van der Waals surface area contributed by atoms with Crippen LogP contribution in [0.25, 0.3) is 0 Å². The maximum absolute atomic E-state index is 13.0. The fourth-order valence-corrected chi connectivity index (χ4v) is 3.39. The summed E-state index contributed by atoms with van der Waals surface area (Å²) in [7, 11) is 0. The van der Waals surface area contributed by atoms with Crippen molar-refractivity contribution in [3.63, 3.8) is 0 Å². The van der Waals surface area contributed by atoms with Gasteiger partial charge in [-0.05, 0) is 47.6 Å². The van der Waals surface area contributed by atoms with Crippen LogP contribution in [0.1, 0.15) is 11.1 Å². The lowest BCUT2D eigenvalue weighted by atomic mass is 10.1. The van der Waals surface area contributed by atoms with Gasteiger partial charge < -0.3 is 10.6 Å². The third-order valence-corrected chi connectivity index (χ3v) is 4.79. The minimum Gasteiger partial charge on any atom is -0.375 e. The van der Waals surface area contributed by atoms with Crippen molar-refractivity contribution in [2.24, 2.45) is 10.8 Å². The fourth-order valence-electron chi connectivity index (χ4n) is 3.03. The van der Waals surface area contributed by atoms with E-state index in [1.807, 2.05) is 30.3 Å². The summed E-state index contributed by atoms with van der Waals surface area (Å²) >= 11 is 11.2. The van der Waals surface area contributed by atoms with E-state index in [1.54, 1.807) is 6.21 Å². The molecule has 1 saturated heterocycles. The molecule has 142 valence electrons. The highest BCUT2D eigenvalue weighted by Gasteiger charge is 2.19. The van der Waals surface area contributed by atoms with Gasteiger partial charge in [0.2, 0.25) is 0 Å². The van der Waals surface area contributed by atoms with Crippen molar-refractivity contribution in [2.45, 2.75) is 6.54 Å². The highest BCUT2D eigenvalue weighted by Crippen LogP contribution is 2.27. The van der Waals surface area contributed by atoms with Crippen LogP contribution in [-0.2, 0) is 6.54 Å². The molecule has 3 rings (SSSR count). The molecule has 0 bridgehead atoms. The predicted molar refractivity (Wildman–Crippen MR) is 113 cm³/mol. The molecule has 1 heterocycles. The van der Waals surface area contributed by atoms with Crippen LogP contribution >= 0.6 is 23.8 Å². The zero-order chi connectivity index (χ0) is 19.2. The molecule has 8 heteroatoms. The predicted octanol–water partition coefficient (Wildman–Crippen LogP) is 2.97. The van der Waals surface area contributed by atoms with Crippen LogP contribution in [0, 0.1) is 5.82 Å². The van der Waals surface area contributed by atoms with Crippen molar-refractivity contribution in [1.82, 2.24) is 10.3 Å². The average molecular weight is 406 g/mol. The van der Waals surface area contributed by atoms with E-state index in [4.69, 9.17) is 29.6 Å². The number of benzene rings is 2. The van der Waals surface area contributed by atoms with E-state index in [-0.39, 0.29) is 10.9 Å². The van der Waals surface area contributed by atoms with Gasteiger partial charge >= 0.3 is 0 Å². The zero-order valence-corrected chi connectivity index (χ0v) is 16.3. The number of piperazine rings is 1. The van der Waals surface area contributed by atoms with E-state index in [0.717, 1.165) is 49.5 Å². The van der Waals surface area contributed by atoms with Crippen LogP contribution in [0.2, 0.25) is 5.02 Å². The molecule has 5 nitrogen and oxygen atoms in total. The molecule has 1 aliphatic heterocycles. The largest absolute Gasteiger partial charge is 0.375 e. The molecule has 0 unspecified atom stereocenters. The second-order valence-electron chi connectivity index (χ2n) is 6.33. The van der Waals surface area contributed by atoms with E-state index < -0.39 is 0 Å². The minimum absolute atomic E-state index is 0.118. The Morgan fingerprint density at radius 1 is 1.19 bits per heavy atom. The monoisotopic (exact) mass is 405 g/mol. The molecule has 1 fully saturated rings. The first-order chi connectivity index (χ1) is 13.0. The lowest BCUT2D eigenvalue weighted by molar-refractivity contribution is 0.250. The smallest absolute Gasteiger partial charge is 0.184 e. The Hall–Kier alpha value is -2.22. The first-order valence-electron chi connectivity index (χ1n) is 8.61. The van der Waals surface area contributed by atoms with Crippen molar-refractivity contribution in [3.8, 4) is 0 Å². The van der Waals surface area contributed by atoms with E-state index >= 15 is 0 Å². The Balaban J connectivity index is 1.56. The van der Waals surface area contributed by atoms with Gasteiger partial charge in [-0.2, -0.15) is 5.10 Å². The maximum Gasteiger partial charge on any atom is 0.184 e. The summed E-state index contributed by atoms with van der Waals surface area (Å²) in [5, 5.41) is 4.74. The summed E-state index contributed by atoms with van der Waals surface area (Å²) in [5.41, 5.74) is 10.8. The SMILES string of the molecule is NC(=S)NN=Cc1ccc(N2CCN(Cc3ccc(F)cc3)CC2)c(Cl)c1. The number of rotatable bonds is 5. The number of nitrogens with one attached hydrogen (secondary N) is 1. The topological polar surface area (TPSA) is 56.9 Å². The van der Waals surface area contributed by atoms with Gasteiger partial charge in [-0.25, -0.2) is 4.39 Å². The molecule has 2 aromatic carbocycles. The van der Waals surface area contributed by atoms with E-state index in [2.05, 4.69) is 20.3 Å². The van der Waals surface area contributed by atoms with Crippen molar-refractivity contribution < 1.29 is 4.39 Å². The number of hydrazone groups is 1. The molecule has 1 aliphatic rings. The van der Waals surface area contributed by atoms with Crippen molar-refractivity contribution in [2.75, 3.05) is 31.1 Å². The van der Waals surface area contributed by atoms with Gasteiger partial charge in [0.15, 0.2) is 5.11 Å². The number of halogens is 2. The molecule has 0 aromatic heterocycles. The molecule has 27 heavy (non-hydrogen) atoms. The molecule has 0 spiro atoms. The molecule has 0 radical (unpaired) electrons. The highest BCUT2D eigenvalue weighted by atomic mass is 35.5. The lowest BCUT2D eigenvalue weighted by Crippen LogP contribution is -2.46. The van der Waals surface area contributed by atoms with E-state index in [0.29, 0.717) is 5.02 Å². The Morgan fingerprint density at radius 2 is 1.89 bits per heavy atom. The number of thiocarbonyl (C=S) groups is 1. The van der Waals surface area contributed by atoms with E-state index in [9.17, 15) is 4.39 Å². The summed E-state index contributed by atoms with van der Waals surface area (Å²) in [6, 6.07) is 12.5. The van der Waals surface area contributed by atoms with E-state index in [1.165, 1.54) is 12.1 Å². The molecular weight excluding hydrogens is 385 g/mol. The van der Waals surface area contributed by atoms with Crippen LogP contribution in [0.15, 0.2) is 47.6 Å². The minimum atomic E-state index is -0.201. The van der Waals surface area contributed by atoms with Crippen LogP contribution in [0.4, 0.5) is 10.1 Å². The highest BCUT2D eigenvalue weighted by molar-refractivity contribution is 7.80. The normalized spacial score (nSPS) is 15.3. The molecule has 0 amide bonds. The molecule has 3 N–H and O–H groups in total. The lowest BCUT2D eigenvalue weighted by Gasteiger charge is -2.36. The van der Waals surface area contributed by atoms with Gasteiger partial charge in [-0.1, -0.05) is 29.8 Å². The zero-order valence-electron chi connectivity index (χ0n) is 14.7. The standard InChI is InChI=1S/C19H21ClFN5S/c20-17-11-15(12-23-24-19(22)27)3-6-18(17)26-9-7-25(8-10-26)13-14-1-4-16(21)5-2-14/h1-6,11-12H,7-10,13H2,(H3,22,24,27). The average Bonchev–Trinajstić information content (AvgIpc) is 2.64. The number of hydrogen-bond acceptors (Lipinski definition) is 4. The van der Waals surface area contributed by atoms with Crippen LogP contribution in [0.5, 0.6) is 0 Å². The quantitative estimate of drug-likeness (QED) is 0.455. The van der Waals surface area contributed by atoms with Gasteiger partial charge in [0.1, 0.15) is 5.82 Å². The van der Waals surface area contributed by atoms with Gasteiger partial charge in [0.25, 0.3) is 0 Å². The molecule has 0 saturated carbocycles. The number of anilines is 1. The Bertz CT molecular complexity index is 819. The molecule has 2 aromatic rings. The first-order valence-corrected chi connectivity index (χ1v) is 9.40. The second-order valence-corrected chi connectivity index (χ2v) is 7.18. The molecule has 0 atom stereocenters. The number of nitrogens with two attached hydrogens (primary N) is 1. The number of hydrogen-bond donors (Lipinski definition) is 2. The summed E-state index contributed by atoms with van der Waals surface area (Å²) in [6.07, 6.45) is 1.62. The van der Waals surface area contributed by atoms with Crippen LogP contribution < -0.4 is 16.1 Å². The molecule has 0 aliphatic carbocycles. The summed E-state index contributed by atoms with van der Waals surface area (Å²) in [5.74, 6) is -0.201. The van der Waals surface area contributed by atoms with Crippen molar-refractivity contribution >= 4 is 40.8 Å². The third kappa shape index (κ3) is 5.63. The van der Waals surface area contributed by atoms with Gasteiger partial charge in [-0.3, -0.25) is 10.3 Å². The number of nitrogens with zero attached hydrogens (tertiary/aromatic N) is 3. The fraction of sp³-hybridized carbons (Fsp3) is 0.263. The maximum atomic E-state index is 13.0. The van der Waals surface area contributed by atoms with Crippen molar-refractivity contribution in [3.05, 3.63) is 64.4 Å². The van der Waals surface area contributed by atoms with Gasteiger partial charge in [0.05, 0.1) is 16.9 Å². The van der Waals surface area contributed by atoms with Gasteiger partial charge in [-0.15, -0.1) is 0 Å².